The number of aromatic nitrogens is 1. The Kier molecular flexibility index (Phi) is 16.8. The van der Waals surface area contributed by atoms with Crippen molar-refractivity contribution in [1.82, 2.24) is 14.3 Å². The molecule has 0 saturated carbocycles. The number of aliphatic hydroxyl groups excluding tert-OH is 1. The highest BCUT2D eigenvalue weighted by Crippen LogP contribution is 2.66. The van der Waals surface area contributed by atoms with Gasteiger partial charge in [0.15, 0.2) is 0 Å². The molecule has 0 radical (unpaired) electrons. The van der Waals surface area contributed by atoms with Gasteiger partial charge in [0.05, 0.1) is 28.7 Å². The van der Waals surface area contributed by atoms with E-state index in [0.29, 0.717) is 97.5 Å². The molecule has 20 heteroatoms. The molecular formula is C56H63ClF3N6O7PS2. The van der Waals surface area contributed by atoms with Crippen LogP contribution in [-0.2, 0) is 14.4 Å². The average molecular weight is 1120 g/mol. The third kappa shape index (κ3) is 11.5. The Bertz CT molecular complexity index is 3190. The van der Waals surface area contributed by atoms with Crippen LogP contribution in [0.5, 0.6) is 0 Å². The van der Waals surface area contributed by atoms with Crippen molar-refractivity contribution in [3.8, 4) is 22.4 Å². The molecule has 6 aromatic rings. The number of likely N-dealkylation sites (tertiary alicyclic amines) is 1. The third-order valence-corrected chi connectivity index (χ3v) is 21.2. The Hall–Kier alpha value is -5.30. The van der Waals surface area contributed by atoms with Gasteiger partial charge in [-0.1, -0.05) is 66.2 Å². The summed E-state index contributed by atoms with van der Waals surface area (Å²) in [6, 6.07) is 35.2. The first-order valence-corrected chi connectivity index (χ1v) is 30.1. The van der Waals surface area contributed by atoms with Gasteiger partial charge in [-0.05, 0) is 130 Å². The average Bonchev–Trinajstić information content (AvgIpc) is 3.91. The van der Waals surface area contributed by atoms with Crippen LogP contribution in [-0.4, -0.2) is 120 Å². The first kappa shape index (κ1) is 55.5. The summed E-state index contributed by atoms with van der Waals surface area (Å²) in [5.74, 6) is -0.610. The van der Waals surface area contributed by atoms with Crippen LogP contribution in [0, 0.1) is 6.92 Å². The van der Waals surface area contributed by atoms with E-state index in [0.717, 1.165) is 39.2 Å². The number of hydroxylamine groups is 1. The maximum absolute atomic E-state index is 15.3. The summed E-state index contributed by atoms with van der Waals surface area (Å²) in [6.45, 7) is 10.3. The van der Waals surface area contributed by atoms with Crippen LogP contribution >= 0.6 is 30.7 Å². The minimum Gasteiger partial charge on any atom is -0.478 e. The van der Waals surface area contributed by atoms with E-state index in [1.54, 1.807) is 12.1 Å². The molecule has 3 aliphatic rings. The first-order valence-electron chi connectivity index (χ1n) is 25.6. The molecule has 13 nitrogen and oxygen atoms in total. The zero-order valence-corrected chi connectivity index (χ0v) is 45.8. The number of sulfone groups is 1. The standard InChI is InChI=1S/C56H63ClF3N6O7PS2/c1-37(2)66-38(3)52(55(68)69)53(54(66)40-12-16-42(57)17-13-40)41-8-7-9-45(34-41)64-32-30-63(31-33-64)44-18-14-39(15-19-44)50-25-29-65(70)74(50,71)47-20-21-49(51(35-47)76(72,73)56(58,59)60)61-43(36-75-48-10-5-4-6-11-48)22-26-62-27-23-46(67)24-28-62/h4-21,34-35,37,43,46,50,61,67,70H,22-33,36H2,1-3H3,(H,68,69)/t43-,50?,74?/m1/s1. The van der Waals surface area contributed by atoms with E-state index >= 15 is 4.57 Å². The molecule has 3 saturated heterocycles. The lowest BCUT2D eigenvalue weighted by molar-refractivity contribution is -0.0435. The number of aliphatic hydroxyl groups is 1. The summed E-state index contributed by atoms with van der Waals surface area (Å²) < 4.78 is 88.0. The van der Waals surface area contributed by atoms with Crippen molar-refractivity contribution in [2.24, 2.45) is 0 Å². The molecule has 4 heterocycles. The Labute approximate surface area is 451 Å². The van der Waals surface area contributed by atoms with E-state index in [-0.39, 0.29) is 41.7 Å². The van der Waals surface area contributed by atoms with Crippen molar-refractivity contribution >= 4 is 68.8 Å². The molecule has 3 aliphatic heterocycles. The van der Waals surface area contributed by atoms with Crippen LogP contribution < -0.4 is 20.4 Å². The van der Waals surface area contributed by atoms with Crippen molar-refractivity contribution < 1.29 is 46.4 Å². The smallest absolute Gasteiger partial charge is 0.478 e. The van der Waals surface area contributed by atoms with Gasteiger partial charge in [0.1, 0.15) is 4.90 Å². The molecule has 0 aliphatic carbocycles. The van der Waals surface area contributed by atoms with Crippen LogP contribution in [0.2, 0.25) is 5.02 Å². The largest absolute Gasteiger partial charge is 0.501 e. The number of alkyl halides is 3. The molecule has 9 rings (SSSR count). The summed E-state index contributed by atoms with van der Waals surface area (Å²) >= 11 is 7.76. The second kappa shape index (κ2) is 23.0. The molecular weight excluding hydrogens is 1060 g/mol. The zero-order valence-electron chi connectivity index (χ0n) is 42.5. The van der Waals surface area contributed by atoms with Crippen molar-refractivity contribution in [3.63, 3.8) is 0 Å². The number of hydrogen-bond donors (Lipinski definition) is 4. The van der Waals surface area contributed by atoms with Crippen LogP contribution in [0.15, 0.2) is 131 Å². The molecule has 4 N–H and O–H groups in total. The topological polar surface area (TPSA) is 159 Å². The summed E-state index contributed by atoms with van der Waals surface area (Å²) in [7, 11) is -10.1. The third-order valence-electron chi connectivity index (χ3n) is 14.9. The lowest BCUT2D eigenvalue weighted by Gasteiger charge is -2.37. The van der Waals surface area contributed by atoms with Crippen molar-refractivity contribution in [3.05, 3.63) is 143 Å². The predicted molar refractivity (Wildman–Crippen MR) is 297 cm³/mol. The molecule has 2 unspecified atom stereocenters. The number of carboxylic acid groups (broad SMARTS) is 1. The van der Waals surface area contributed by atoms with Gasteiger partial charge in [-0.2, -0.15) is 13.2 Å². The number of halogens is 4. The minimum absolute atomic E-state index is 0.0247. The van der Waals surface area contributed by atoms with Gasteiger partial charge in [0.25, 0.3) is 9.84 Å². The Morgan fingerprint density at radius 2 is 1.47 bits per heavy atom. The SMILES string of the molecule is Cc1c(C(=O)O)c(-c2cccc(N3CCN(c4ccc(C5CCN(O)P5(=O)c5ccc(N[C@H](CCN6CCC(O)CC6)CSc6ccccc6)c(S(=O)(=O)C(F)(F)F)c5)cc4)CC3)c2)c(-c2ccc(Cl)cc2)n1C(C)C. The van der Waals surface area contributed by atoms with Crippen LogP contribution in [0.3, 0.4) is 0 Å². The monoisotopic (exact) mass is 1120 g/mol. The second-order valence-electron chi connectivity index (χ2n) is 20.1. The van der Waals surface area contributed by atoms with E-state index in [4.69, 9.17) is 11.6 Å². The fourth-order valence-electron chi connectivity index (χ4n) is 11.0. The lowest BCUT2D eigenvalue weighted by atomic mass is 9.96. The molecule has 1 aromatic heterocycles. The van der Waals surface area contributed by atoms with Crippen molar-refractivity contribution in [1.29, 1.82) is 0 Å². The maximum atomic E-state index is 15.3. The fraction of sp³-hybridized carbons (Fsp3) is 0.375. The first-order chi connectivity index (χ1) is 36.2. The number of nitrogens with zero attached hydrogens (tertiary/aromatic N) is 5. The van der Waals surface area contributed by atoms with Gasteiger partial charge in [0, 0.05) is 108 Å². The molecule has 0 spiro atoms. The number of carboxylic acids is 1. The van der Waals surface area contributed by atoms with Crippen LogP contribution in [0.25, 0.3) is 22.4 Å². The molecule has 3 atom stereocenters. The normalized spacial score (nSPS) is 19.6. The number of hydrogen-bond acceptors (Lipinski definition) is 11. The number of piperidine rings is 1. The maximum Gasteiger partial charge on any atom is 0.501 e. The lowest BCUT2D eigenvalue weighted by Crippen LogP contribution is -2.46. The van der Waals surface area contributed by atoms with E-state index in [2.05, 4.69) is 24.6 Å². The van der Waals surface area contributed by atoms with Gasteiger partial charge in [-0.3, -0.25) is 4.57 Å². The fourth-order valence-corrected chi connectivity index (χ4v) is 16.1. The van der Waals surface area contributed by atoms with E-state index in [1.807, 2.05) is 112 Å². The number of rotatable bonds is 17. The second-order valence-corrected chi connectivity index (χ2v) is 26.3. The predicted octanol–water partition coefficient (Wildman–Crippen LogP) is 11.8. The molecule has 5 aromatic carbocycles. The number of piperazine rings is 1. The van der Waals surface area contributed by atoms with Crippen LogP contribution in [0.4, 0.5) is 30.2 Å². The van der Waals surface area contributed by atoms with Gasteiger partial charge in [-0.25, -0.2) is 13.2 Å². The number of anilines is 3. The zero-order chi connectivity index (χ0) is 54.1. The van der Waals surface area contributed by atoms with E-state index < -0.39 is 45.2 Å². The van der Waals surface area contributed by atoms with Gasteiger partial charge >= 0.3 is 11.5 Å². The highest BCUT2D eigenvalue weighted by Gasteiger charge is 2.51. The van der Waals surface area contributed by atoms with Crippen molar-refractivity contribution in [2.45, 2.75) is 85.6 Å². The molecule has 76 heavy (non-hydrogen) atoms. The van der Waals surface area contributed by atoms with Crippen LogP contribution in [0.1, 0.15) is 72.8 Å². The Balaban J connectivity index is 0.936. The number of carbonyl (C=O) groups is 1. The molecule has 0 amide bonds. The molecule has 404 valence electrons. The number of aromatic carboxylic acids is 1. The van der Waals surface area contributed by atoms with E-state index in [1.165, 1.54) is 23.9 Å². The summed E-state index contributed by atoms with van der Waals surface area (Å²) in [6.07, 6.45) is 1.51. The van der Waals surface area contributed by atoms with Crippen molar-refractivity contribution in [2.75, 3.05) is 73.2 Å². The summed E-state index contributed by atoms with van der Waals surface area (Å²) in [5.41, 5.74) is -0.397. The van der Waals surface area contributed by atoms with E-state index in [9.17, 15) is 41.8 Å². The van der Waals surface area contributed by atoms with Gasteiger partial charge in [-0.15, -0.1) is 16.6 Å². The Morgan fingerprint density at radius 3 is 2.11 bits per heavy atom. The number of benzene rings is 5. The summed E-state index contributed by atoms with van der Waals surface area (Å²) in [5, 5.41) is 35.4. The molecule has 3 fully saturated rings. The van der Waals surface area contributed by atoms with Gasteiger partial charge in [0.2, 0.25) is 7.29 Å². The number of thioether (sulfide) groups is 1. The Morgan fingerprint density at radius 1 is 0.816 bits per heavy atom. The molecule has 0 bridgehead atoms. The summed E-state index contributed by atoms with van der Waals surface area (Å²) in [4.78, 5) is 20.1. The highest BCUT2D eigenvalue weighted by atomic mass is 35.5. The number of nitrogens with one attached hydrogen (secondary N) is 1. The minimum atomic E-state index is -5.98. The highest BCUT2D eigenvalue weighted by molar-refractivity contribution is 7.99. The van der Waals surface area contributed by atoms with Gasteiger partial charge < -0.3 is 40.0 Å². The quantitative estimate of drug-likeness (QED) is 0.0505.